The van der Waals surface area contributed by atoms with E-state index in [0.717, 1.165) is 59.3 Å². The van der Waals surface area contributed by atoms with Crippen molar-refractivity contribution in [3.63, 3.8) is 0 Å². The molecule has 1 spiro atoms. The van der Waals surface area contributed by atoms with E-state index in [4.69, 9.17) is 35.6 Å². The minimum Gasteiger partial charge on any atom is -0.465 e. The molecule has 0 amide bonds. The van der Waals surface area contributed by atoms with E-state index in [2.05, 4.69) is 29.4 Å². The summed E-state index contributed by atoms with van der Waals surface area (Å²) in [6.07, 6.45) is 4.80. The minimum absolute atomic E-state index is 0.106. The number of rotatable bonds is 5. The first-order valence-corrected chi connectivity index (χ1v) is 14.9. The van der Waals surface area contributed by atoms with Crippen LogP contribution in [0, 0.1) is 30.6 Å². The zero-order valence-corrected chi connectivity index (χ0v) is 24.6. The summed E-state index contributed by atoms with van der Waals surface area (Å²) in [5.41, 5.74) is 6.09. The van der Waals surface area contributed by atoms with Crippen LogP contribution in [-0.4, -0.2) is 35.2 Å². The van der Waals surface area contributed by atoms with Crippen molar-refractivity contribution in [1.29, 1.82) is 0 Å². The van der Waals surface area contributed by atoms with Crippen molar-refractivity contribution < 1.29 is 24.0 Å². The number of aromatic nitrogens is 1. The summed E-state index contributed by atoms with van der Waals surface area (Å²) in [6.45, 7) is 8.41. The second kappa shape index (κ2) is 10.2. The van der Waals surface area contributed by atoms with E-state index in [1.54, 1.807) is 6.21 Å². The lowest BCUT2D eigenvalue weighted by Crippen LogP contribution is -2.70. The minimum atomic E-state index is -0.800. The SMILES string of the molecule is Cc1cc(N/N=C/c2ccc(O[C@H]3O[C@@H]4O[C@@]5(C)CC[C@H]6[C@H](C)CC[C@@H]([C@H]3C)[C@@]46OO5)cc2)c2ccc(Cl)cc2n1. The Morgan fingerprint density at radius 3 is 2.71 bits per heavy atom. The molecule has 4 aliphatic heterocycles. The molecular formula is C32H36ClN3O5. The van der Waals surface area contributed by atoms with Gasteiger partial charge in [-0.05, 0) is 99.0 Å². The van der Waals surface area contributed by atoms with Crippen LogP contribution in [0.4, 0.5) is 5.69 Å². The van der Waals surface area contributed by atoms with E-state index in [9.17, 15) is 0 Å². The topological polar surface area (TPSA) is 83.4 Å². The van der Waals surface area contributed by atoms with Crippen LogP contribution in [-0.2, 0) is 19.2 Å². The van der Waals surface area contributed by atoms with E-state index >= 15 is 0 Å². The number of hydrogen-bond donors (Lipinski definition) is 1. The normalized spacial score (nSPS) is 36.2. The van der Waals surface area contributed by atoms with Crippen LogP contribution in [0.1, 0.15) is 57.7 Å². The van der Waals surface area contributed by atoms with E-state index in [1.807, 2.05) is 62.4 Å². The lowest BCUT2D eigenvalue weighted by molar-refractivity contribution is -0.575. The second-order valence-corrected chi connectivity index (χ2v) is 12.7. The third-order valence-corrected chi connectivity index (χ3v) is 9.76. The standard InChI is InChI=1S/C32H36ClN3O5/c1-18-5-12-26-20(3)29(38-30-32(26)25(18)13-14-31(4,39-30)40-41-32)37-23-9-6-21(7-10-23)17-34-36-28-15-19(2)35-27-16-22(33)8-11-24(27)28/h6-11,15-18,20,25-26,29-30H,5,12-14H2,1-4H3,(H,35,36)/b34-17+/t18-,20-,25+,26+,29+,30-,31-,32-/m1/s1. The number of anilines is 1. The zero-order valence-electron chi connectivity index (χ0n) is 23.8. The molecule has 3 aromatic rings. The van der Waals surface area contributed by atoms with E-state index in [1.165, 1.54) is 0 Å². The summed E-state index contributed by atoms with van der Waals surface area (Å²) in [7, 11) is 0. The van der Waals surface area contributed by atoms with Gasteiger partial charge in [-0.3, -0.25) is 10.4 Å². The van der Waals surface area contributed by atoms with Crippen molar-refractivity contribution in [2.24, 2.45) is 28.8 Å². The molecule has 8 atom stereocenters. The first-order chi connectivity index (χ1) is 19.7. The number of hydrogen-bond acceptors (Lipinski definition) is 8. The molecule has 9 heteroatoms. The van der Waals surface area contributed by atoms with E-state index in [-0.39, 0.29) is 11.8 Å². The number of fused-ring (bicyclic) bond motifs is 3. The Hall–Kier alpha value is -2.75. The molecule has 8 rings (SSSR count). The molecule has 0 radical (unpaired) electrons. The number of hydrazone groups is 1. The predicted octanol–water partition coefficient (Wildman–Crippen LogP) is 7.23. The molecule has 216 valence electrons. The number of nitrogens with zero attached hydrogens (tertiary/aromatic N) is 2. The molecule has 1 aliphatic carbocycles. The van der Waals surface area contributed by atoms with Gasteiger partial charge in [0, 0.05) is 34.4 Å². The molecule has 2 bridgehead atoms. The zero-order chi connectivity index (χ0) is 28.4. The maximum atomic E-state index is 6.56. The highest BCUT2D eigenvalue weighted by atomic mass is 35.5. The number of aryl methyl sites for hydroxylation is 1. The molecular weight excluding hydrogens is 542 g/mol. The van der Waals surface area contributed by atoms with Gasteiger partial charge in [0.05, 0.1) is 17.4 Å². The third-order valence-electron chi connectivity index (χ3n) is 9.53. The van der Waals surface area contributed by atoms with Gasteiger partial charge in [0.2, 0.25) is 12.1 Å². The van der Waals surface area contributed by atoms with Crippen molar-refractivity contribution in [1.82, 2.24) is 4.98 Å². The fourth-order valence-corrected chi connectivity index (χ4v) is 7.54. The van der Waals surface area contributed by atoms with Crippen molar-refractivity contribution in [3.8, 4) is 5.75 Å². The first-order valence-electron chi connectivity index (χ1n) is 14.6. The molecule has 0 unspecified atom stereocenters. The number of nitrogens with one attached hydrogen (secondary N) is 1. The van der Waals surface area contributed by atoms with Gasteiger partial charge >= 0.3 is 0 Å². The predicted molar refractivity (Wildman–Crippen MR) is 157 cm³/mol. The molecule has 41 heavy (non-hydrogen) atoms. The quantitative estimate of drug-likeness (QED) is 0.194. The van der Waals surface area contributed by atoms with Crippen molar-refractivity contribution >= 4 is 34.4 Å². The maximum Gasteiger partial charge on any atom is 0.205 e. The van der Waals surface area contributed by atoms with Gasteiger partial charge in [-0.25, -0.2) is 9.78 Å². The average molecular weight is 578 g/mol. The van der Waals surface area contributed by atoms with E-state index in [0.29, 0.717) is 16.9 Å². The monoisotopic (exact) mass is 577 g/mol. The van der Waals surface area contributed by atoms with Crippen LogP contribution in [0.25, 0.3) is 10.9 Å². The Kier molecular flexibility index (Phi) is 6.75. The van der Waals surface area contributed by atoms with Gasteiger partial charge in [0.1, 0.15) is 5.75 Å². The Labute approximate surface area is 245 Å². The fourth-order valence-electron chi connectivity index (χ4n) is 7.38. The van der Waals surface area contributed by atoms with Crippen LogP contribution in [0.5, 0.6) is 5.75 Å². The van der Waals surface area contributed by atoms with Gasteiger partial charge in [0.15, 0.2) is 11.9 Å². The Balaban J connectivity index is 1.05. The Morgan fingerprint density at radius 1 is 1.05 bits per heavy atom. The highest BCUT2D eigenvalue weighted by molar-refractivity contribution is 6.31. The molecule has 5 heterocycles. The lowest BCUT2D eigenvalue weighted by Gasteiger charge is -2.60. The largest absolute Gasteiger partial charge is 0.465 e. The molecule has 5 fully saturated rings. The van der Waals surface area contributed by atoms with Gasteiger partial charge in [-0.1, -0.05) is 25.4 Å². The van der Waals surface area contributed by atoms with Crippen LogP contribution in [0.3, 0.4) is 0 Å². The molecule has 1 aromatic heterocycles. The smallest absolute Gasteiger partial charge is 0.205 e. The maximum absolute atomic E-state index is 6.56. The second-order valence-electron chi connectivity index (χ2n) is 12.3. The van der Waals surface area contributed by atoms with E-state index < -0.39 is 24.0 Å². The third kappa shape index (κ3) is 4.70. The lowest BCUT2D eigenvalue weighted by atomic mass is 9.58. The fraction of sp³-hybridized carbons (Fsp3) is 0.500. The van der Waals surface area contributed by atoms with Gasteiger partial charge in [-0.2, -0.15) is 5.10 Å². The van der Waals surface area contributed by atoms with Gasteiger partial charge in [-0.15, -0.1) is 0 Å². The summed E-state index contributed by atoms with van der Waals surface area (Å²) in [6, 6.07) is 15.5. The number of ether oxygens (including phenoxy) is 3. The number of pyridine rings is 1. The highest BCUT2D eigenvalue weighted by Gasteiger charge is 2.69. The van der Waals surface area contributed by atoms with Gasteiger partial charge in [0.25, 0.3) is 0 Å². The summed E-state index contributed by atoms with van der Waals surface area (Å²) in [5.74, 6) is 1.12. The molecule has 4 saturated heterocycles. The van der Waals surface area contributed by atoms with Crippen LogP contribution >= 0.6 is 11.6 Å². The van der Waals surface area contributed by atoms with Crippen molar-refractivity contribution in [3.05, 3.63) is 64.8 Å². The Morgan fingerprint density at radius 2 is 1.88 bits per heavy atom. The van der Waals surface area contributed by atoms with Crippen LogP contribution < -0.4 is 10.2 Å². The summed E-state index contributed by atoms with van der Waals surface area (Å²) in [4.78, 5) is 16.7. The summed E-state index contributed by atoms with van der Waals surface area (Å²) < 4.78 is 19.4. The van der Waals surface area contributed by atoms with Crippen LogP contribution in [0.2, 0.25) is 5.02 Å². The first kappa shape index (κ1) is 27.1. The molecule has 5 aliphatic rings. The van der Waals surface area contributed by atoms with Crippen LogP contribution in [0.15, 0.2) is 53.6 Å². The number of halogens is 1. The Bertz CT molecular complexity index is 1480. The highest BCUT2D eigenvalue weighted by Crippen LogP contribution is 2.60. The molecule has 1 saturated carbocycles. The average Bonchev–Trinajstić information content (AvgIpc) is 3.18. The number of benzene rings is 2. The van der Waals surface area contributed by atoms with Crippen molar-refractivity contribution in [2.45, 2.75) is 77.3 Å². The van der Waals surface area contributed by atoms with Crippen molar-refractivity contribution in [2.75, 3.05) is 5.43 Å². The summed E-state index contributed by atoms with van der Waals surface area (Å²) in [5, 5.41) is 6.08. The molecule has 1 N–H and O–H groups in total. The van der Waals surface area contributed by atoms with Gasteiger partial charge < -0.3 is 14.2 Å². The molecule has 8 nitrogen and oxygen atoms in total. The summed E-state index contributed by atoms with van der Waals surface area (Å²) >= 11 is 6.15. The molecule has 2 aromatic carbocycles.